The van der Waals surface area contributed by atoms with E-state index in [2.05, 4.69) is 93.6 Å². The number of nitrogen functional groups attached to an aromatic ring is 2. The van der Waals surface area contributed by atoms with Gasteiger partial charge in [0.25, 0.3) is 0 Å². The maximum Gasteiger partial charge on any atom is 0.0314 e. The van der Waals surface area contributed by atoms with E-state index in [4.69, 9.17) is 11.5 Å². The molecule has 2 nitrogen and oxygen atoms in total. The highest BCUT2D eigenvalue weighted by molar-refractivity contribution is 5.45. The molecule has 0 heterocycles. The second-order valence-corrected chi connectivity index (χ2v) is 10.7. The van der Waals surface area contributed by atoms with Crippen molar-refractivity contribution in [3.05, 3.63) is 130 Å². The van der Waals surface area contributed by atoms with Crippen LogP contribution in [0.2, 0.25) is 0 Å². The average molecular weight is 505 g/mol. The minimum atomic E-state index is 0.405. The largest absolute Gasteiger partial charge is 0.399 e. The van der Waals surface area contributed by atoms with Gasteiger partial charge in [-0.25, -0.2) is 0 Å². The van der Waals surface area contributed by atoms with Crippen molar-refractivity contribution < 1.29 is 0 Å². The molecule has 4 aromatic carbocycles. The van der Waals surface area contributed by atoms with Gasteiger partial charge >= 0.3 is 0 Å². The molecular weight excluding hydrogens is 460 g/mol. The first-order valence-corrected chi connectivity index (χ1v) is 14.4. The first-order valence-electron chi connectivity index (χ1n) is 14.4. The van der Waals surface area contributed by atoms with Crippen LogP contribution >= 0.6 is 0 Å². The fourth-order valence-electron chi connectivity index (χ4n) is 5.82. The van der Waals surface area contributed by atoms with E-state index in [1.165, 1.54) is 33.4 Å². The topological polar surface area (TPSA) is 52.0 Å². The zero-order valence-corrected chi connectivity index (χ0v) is 23.4. The SMILES string of the molecule is CCCC(c1ccc(N)cc1)c1ccc(C(CCC)c2ccc(C(CCC)c3ccc(N)cc3)cc2)cc1. The summed E-state index contributed by atoms with van der Waals surface area (Å²) < 4.78 is 0. The van der Waals surface area contributed by atoms with E-state index >= 15 is 0 Å². The summed E-state index contributed by atoms with van der Waals surface area (Å²) in [7, 11) is 0. The lowest BCUT2D eigenvalue weighted by atomic mass is 9.82. The molecule has 0 aliphatic heterocycles. The Kier molecular flexibility index (Phi) is 9.65. The molecule has 4 N–H and O–H groups in total. The highest BCUT2D eigenvalue weighted by Crippen LogP contribution is 2.35. The van der Waals surface area contributed by atoms with Crippen molar-refractivity contribution in [2.75, 3.05) is 11.5 Å². The highest BCUT2D eigenvalue weighted by Gasteiger charge is 2.18. The molecule has 0 bridgehead atoms. The second kappa shape index (κ2) is 13.3. The molecule has 4 rings (SSSR count). The Morgan fingerprint density at radius 1 is 0.368 bits per heavy atom. The number of hydrogen-bond acceptors (Lipinski definition) is 2. The summed E-state index contributed by atoms with van der Waals surface area (Å²) in [4.78, 5) is 0. The van der Waals surface area contributed by atoms with Crippen molar-refractivity contribution in [2.45, 2.75) is 77.0 Å². The summed E-state index contributed by atoms with van der Waals surface area (Å²) in [6.45, 7) is 6.81. The molecule has 0 aliphatic carbocycles. The van der Waals surface area contributed by atoms with Gasteiger partial charge in [0.15, 0.2) is 0 Å². The molecule has 38 heavy (non-hydrogen) atoms. The summed E-state index contributed by atoms with van der Waals surface area (Å²) >= 11 is 0. The minimum Gasteiger partial charge on any atom is -0.399 e. The number of benzene rings is 4. The number of nitrogens with two attached hydrogens (primary N) is 2. The minimum absolute atomic E-state index is 0.405. The van der Waals surface area contributed by atoms with Gasteiger partial charge in [0.2, 0.25) is 0 Å². The van der Waals surface area contributed by atoms with Gasteiger partial charge in [-0.1, -0.05) is 113 Å². The van der Waals surface area contributed by atoms with Crippen LogP contribution < -0.4 is 11.5 Å². The molecule has 0 aromatic heterocycles. The number of anilines is 2. The Morgan fingerprint density at radius 3 is 0.737 bits per heavy atom. The van der Waals surface area contributed by atoms with Crippen molar-refractivity contribution in [2.24, 2.45) is 0 Å². The highest BCUT2D eigenvalue weighted by atomic mass is 14.5. The maximum atomic E-state index is 5.95. The molecule has 2 heteroatoms. The summed E-state index contributed by atoms with van der Waals surface area (Å²) in [6, 6.07) is 35.6. The molecular formula is C36H44N2. The zero-order chi connectivity index (χ0) is 26.9. The summed E-state index contributed by atoms with van der Waals surface area (Å²) in [5.74, 6) is 1.22. The van der Waals surface area contributed by atoms with E-state index in [1.807, 2.05) is 24.3 Å². The Morgan fingerprint density at radius 2 is 0.553 bits per heavy atom. The van der Waals surface area contributed by atoms with Gasteiger partial charge in [-0.3, -0.25) is 0 Å². The third-order valence-electron chi connectivity index (χ3n) is 7.89. The smallest absolute Gasteiger partial charge is 0.0314 e. The van der Waals surface area contributed by atoms with Crippen molar-refractivity contribution >= 4 is 11.4 Å². The van der Waals surface area contributed by atoms with Crippen LogP contribution in [0.15, 0.2) is 97.1 Å². The Hall–Kier alpha value is -3.52. The zero-order valence-electron chi connectivity index (χ0n) is 23.4. The molecule has 4 aromatic rings. The van der Waals surface area contributed by atoms with Crippen LogP contribution in [-0.2, 0) is 0 Å². The van der Waals surface area contributed by atoms with Crippen LogP contribution in [0.1, 0.15) is 110 Å². The van der Waals surface area contributed by atoms with Crippen LogP contribution in [0, 0.1) is 0 Å². The average Bonchev–Trinajstić information content (AvgIpc) is 2.95. The molecule has 2 unspecified atom stereocenters. The van der Waals surface area contributed by atoms with Crippen molar-refractivity contribution in [3.63, 3.8) is 0 Å². The molecule has 0 radical (unpaired) electrons. The lowest BCUT2D eigenvalue weighted by Crippen LogP contribution is -2.05. The van der Waals surface area contributed by atoms with Crippen LogP contribution in [0.25, 0.3) is 0 Å². The summed E-state index contributed by atoms with van der Waals surface area (Å²) in [5.41, 5.74) is 21.8. The van der Waals surface area contributed by atoms with Gasteiger partial charge in [0, 0.05) is 29.1 Å². The predicted molar refractivity (Wildman–Crippen MR) is 165 cm³/mol. The third-order valence-corrected chi connectivity index (χ3v) is 7.89. The van der Waals surface area contributed by atoms with Crippen LogP contribution in [-0.4, -0.2) is 0 Å². The molecule has 0 spiro atoms. The van der Waals surface area contributed by atoms with Gasteiger partial charge in [-0.05, 0) is 76.9 Å². The third kappa shape index (κ3) is 6.67. The number of hydrogen-bond donors (Lipinski definition) is 2. The van der Waals surface area contributed by atoms with Crippen molar-refractivity contribution in [1.82, 2.24) is 0 Å². The van der Waals surface area contributed by atoms with Crippen molar-refractivity contribution in [3.8, 4) is 0 Å². The van der Waals surface area contributed by atoms with Crippen LogP contribution in [0.4, 0.5) is 11.4 Å². The first-order chi connectivity index (χ1) is 18.5. The lowest BCUT2D eigenvalue weighted by molar-refractivity contribution is 0.684. The predicted octanol–water partition coefficient (Wildman–Crippen LogP) is 9.65. The molecule has 0 saturated heterocycles. The Bertz CT molecular complexity index is 1140. The molecule has 0 aliphatic rings. The normalized spacial score (nSPS) is 13.7. The number of rotatable bonds is 12. The van der Waals surface area contributed by atoms with Crippen molar-refractivity contribution in [1.29, 1.82) is 0 Å². The monoisotopic (exact) mass is 504 g/mol. The van der Waals surface area contributed by atoms with Gasteiger partial charge in [0.05, 0.1) is 0 Å². The molecule has 0 amide bonds. The van der Waals surface area contributed by atoms with E-state index in [1.54, 1.807) is 0 Å². The fraction of sp³-hybridized carbons (Fsp3) is 0.333. The molecule has 2 atom stereocenters. The Labute approximate surface area is 230 Å². The van der Waals surface area contributed by atoms with Gasteiger partial charge < -0.3 is 11.5 Å². The van der Waals surface area contributed by atoms with Gasteiger partial charge in [-0.15, -0.1) is 0 Å². The fourth-order valence-corrected chi connectivity index (χ4v) is 5.82. The van der Waals surface area contributed by atoms with Crippen LogP contribution in [0.5, 0.6) is 0 Å². The first kappa shape index (κ1) is 27.5. The van der Waals surface area contributed by atoms with E-state index in [9.17, 15) is 0 Å². The maximum absolute atomic E-state index is 5.95. The Balaban J connectivity index is 1.58. The molecule has 198 valence electrons. The van der Waals surface area contributed by atoms with E-state index in [0.29, 0.717) is 17.8 Å². The molecule has 0 fully saturated rings. The lowest BCUT2D eigenvalue weighted by Gasteiger charge is -2.22. The summed E-state index contributed by atoms with van der Waals surface area (Å²) in [6.07, 6.45) is 6.87. The van der Waals surface area contributed by atoms with E-state index < -0.39 is 0 Å². The van der Waals surface area contributed by atoms with E-state index in [-0.39, 0.29) is 0 Å². The van der Waals surface area contributed by atoms with Gasteiger partial charge in [-0.2, -0.15) is 0 Å². The summed E-state index contributed by atoms with van der Waals surface area (Å²) in [5, 5.41) is 0. The standard InChI is InChI=1S/C36H44N2/c1-4-7-34(26-10-14-28(15-11-26)35(8-5-2)30-18-22-32(37)23-19-30)27-12-16-29(17-13-27)36(9-6-3)31-20-24-33(38)25-21-31/h10-25,34-36H,4-9,37-38H2,1-3H3. The molecule has 0 saturated carbocycles. The second-order valence-electron chi connectivity index (χ2n) is 10.7. The van der Waals surface area contributed by atoms with E-state index in [0.717, 1.165) is 49.9 Å². The van der Waals surface area contributed by atoms with Crippen LogP contribution in [0.3, 0.4) is 0 Å². The van der Waals surface area contributed by atoms with Gasteiger partial charge in [0.1, 0.15) is 0 Å². The quantitative estimate of drug-likeness (QED) is 0.189.